The van der Waals surface area contributed by atoms with E-state index in [0.29, 0.717) is 16.6 Å². The van der Waals surface area contributed by atoms with E-state index in [0.717, 1.165) is 38.4 Å². The first-order valence-corrected chi connectivity index (χ1v) is 11.3. The molecule has 1 aromatic carbocycles. The van der Waals surface area contributed by atoms with Gasteiger partial charge in [0, 0.05) is 38.9 Å². The number of likely N-dealkylation sites (tertiary alicyclic amines) is 1. The van der Waals surface area contributed by atoms with Gasteiger partial charge in [0.1, 0.15) is 0 Å². The van der Waals surface area contributed by atoms with Crippen LogP contribution in [-0.2, 0) is 7.05 Å². The molecule has 2 heterocycles. The summed E-state index contributed by atoms with van der Waals surface area (Å²) in [5, 5.41) is 7.70. The Balaban J connectivity index is 1.32. The summed E-state index contributed by atoms with van der Waals surface area (Å²) in [5.41, 5.74) is 1.81. The van der Waals surface area contributed by atoms with E-state index in [2.05, 4.69) is 45.6 Å². The maximum atomic E-state index is 12.5. The van der Waals surface area contributed by atoms with Gasteiger partial charge < -0.3 is 10.2 Å². The molecule has 2 aliphatic rings. The van der Waals surface area contributed by atoms with Crippen molar-refractivity contribution < 1.29 is 4.79 Å². The number of halogens is 1. The second-order valence-corrected chi connectivity index (χ2v) is 9.02. The molecule has 4 rings (SSSR count). The number of aromatic nitrogens is 2. The Morgan fingerprint density at radius 2 is 1.86 bits per heavy atom. The van der Waals surface area contributed by atoms with Crippen molar-refractivity contribution in [2.24, 2.45) is 13.0 Å². The lowest BCUT2D eigenvalue weighted by molar-refractivity contribution is 0.0901. The Kier molecular flexibility index (Phi) is 6.56. The molecule has 2 aromatic rings. The number of nitrogens with one attached hydrogen (secondary N) is 1. The zero-order valence-electron chi connectivity index (χ0n) is 17.2. The Bertz CT molecular complexity index is 808. The molecule has 0 spiro atoms. The number of carbonyl (C=O) groups is 1. The maximum absolute atomic E-state index is 12.5. The van der Waals surface area contributed by atoms with E-state index >= 15 is 0 Å². The van der Waals surface area contributed by atoms with Crippen LogP contribution in [0.25, 0.3) is 0 Å². The fourth-order valence-corrected chi connectivity index (χ4v) is 5.26. The third kappa shape index (κ3) is 5.01. The highest BCUT2D eigenvalue weighted by Gasteiger charge is 2.30. The molecule has 1 saturated heterocycles. The highest BCUT2D eigenvalue weighted by Crippen LogP contribution is 2.38. The van der Waals surface area contributed by atoms with Crippen LogP contribution in [0.2, 0.25) is 5.02 Å². The standard InChI is InChI=1S/C23H31ClN4O/c1-27-16-21(24)22(26-27)23(29)25-19-11-13-28(14-12-19)15-20(18-9-5-6-10-18)17-7-3-2-4-8-17/h2-4,7-8,16,18-20H,5-6,9-15H2,1H3,(H,25,29). The second kappa shape index (κ2) is 9.31. The van der Waals surface area contributed by atoms with Crippen LogP contribution in [0.4, 0.5) is 0 Å². The summed E-state index contributed by atoms with van der Waals surface area (Å²) in [6.07, 6.45) is 9.07. The van der Waals surface area contributed by atoms with Crippen molar-refractivity contribution in [2.75, 3.05) is 19.6 Å². The van der Waals surface area contributed by atoms with Gasteiger partial charge in [0.05, 0.1) is 5.02 Å². The van der Waals surface area contributed by atoms with Gasteiger partial charge in [0.2, 0.25) is 0 Å². The van der Waals surface area contributed by atoms with Gasteiger partial charge in [-0.2, -0.15) is 5.10 Å². The van der Waals surface area contributed by atoms with Crippen molar-refractivity contribution in [1.29, 1.82) is 0 Å². The van der Waals surface area contributed by atoms with Gasteiger partial charge in [-0.05, 0) is 43.1 Å². The summed E-state index contributed by atoms with van der Waals surface area (Å²) in [5.74, 6) is 1.26. The van der Waals surface area contributed by atoms with Crippen molar-refractivity contribution in [2.45, 2.75) is 50.5 Å². The molecule has 1 amide bonds. The summed E-state index contributed by atoms with van der Waals surface area (Å²) in [6, 6.07) is 11.2. The number of rotatable bonds is 6. The number of hydrogen-bond donors (Lipinski definition) is 1. The largest absolute Gasteiger partial charge is 0.348 e. The van der Waals surface area contributed by atoms with Gasteiger partial charge >= 0.3 is 0 Å². The molecule has 1 N–H and O–H groups in total. The Hall–Kier alpha value is -1.85. The lowest BCUT2D eigenvalue weighted by atomic mass is 9.84. The summed E-state index contributed by atoms with van der Waals surface area (Å²) >= 11 is 6.11. The van der Waals surface area contributed by atoms with Crippen LogP contribution in [0.5, 0.6) is 0 Å². The summed E-state index contributed by atoms with van der Waals surface area (Å²) in [6.45, 7) is 3.18. The maximum Gasteiger partial charge on any atom is 0.273 e. The van der Waals surface area contributed by atoms with E-state index in [1.807, 2.05) is 0 Å². The number of amides is 1. The van der Waals surface area contributed by atoms with Crippen LogP contribution in [0.3, 0.4) is 0 Å². The number of hydrogen-bond acceptors (Lipinski definition) is 3. The summed E-state index contributed by atoms with van der Waals surface area (Å²) < 4.78 is 1.58. The fraction of sp³-hybridized carbons (Fsp3) is 0.565. The Morgan fingerprint density at radius 1 is 1.17 bits per heavy atom. The molecule has 1 aliphatic carbocycles. The molecule has 156 valence electrons. The first-order valence-electron chi connectivity index (χ1n) is 10.9. The van der Waals surface area contributed by atoms with E-state index in [1.165, 1.54) is 31.2 Å². The molecular formula is C23H31ClN4O. The van der Waals surface area contributed by atoms with Gasteiger partial charge in [-0.15, -0.1) is 0 Å². The van der Waals surface area contributed by atoms with Gasteiger partial charge in [0.25, 0.3) is 5.91 Å². The second-order valence-electron chi connectivity index (χ2n) is 8.61. The minimum atomic E-state index is -0.165. The highest BCUT2D eigenvalue weighted by atomic mass is 35.5. The van der Waals surface area contributed by atoms with Gasteiger partial charge in [-0.25, -0.2) is 0 Å². The first-order chi connectivity index (χ1) is 14.1. The van der Waals surface area contributed by atoms with Crippen molar-refractivity contribution in [3.63, 3.8) is 0 Å². The van der Waals surface area contributed by atoms with Crippen molar-refractivity contribution >= 4 is 17.5 Å². The third-order valence-corrected chi connectivity index (χ3v) is 6.85. The van der Waals surface area contributed by atoms with Crippen LogP contribution >= 0.6 is 11.6 Å². The predicted octanol–water partition coefficient (Wildman–Crippen LogP) is 4.24. The minimum Gasteiger partial charge on any atom is -0.348 e. The average molecular weight is 415 g/mol. The average Bonchev–Trinajstić information content (AvgIpc) is 3.37. The van der Waals surface area contributed by atoms with Gasteiger partial charge in [-0.3, -0.25) is 9.48 Å². The normalized spacial score (nSPS) is 20.1. The smallest absolute Gasteiger partial charge is 0.273 e. The lowest BCUT2D eigenvalue weighted by Crippen LogP contribution is -2.46. The fourth-order valence-electron chi connectivity index (χ4n) is 4.99. The van der Waals surface area contributed by atoms with E-state index in [4.69, 9.17) is 11.6 Å². The quantitative estimate of drug-likeness (QED) is 0.769. The molecule has 1 atom stereocenters. The van der Waals surface area contributed by atoms with Crippen molar-refractivity contribution in [3.05, 3.63) is 52.8 Å². The van der Waals surface area contributed by atoms with Crippen LogP contribution in [0.1, 0.15) is 60.5 Å². The van der Waals surface area contributed by atoms with Crippen molar-refractivity contribution in [3.8, 4) is 0 Å². The molecule has 1 aliphatic heterocycles. The molecule has 29 heavy (non-hydrogen) atoms. The van der Waals surface area contributed by atoms with Crippen LogP contribution < -0.4 is 5.32 Å². The summed E-state index contributed by atoms with van der Waals surface area (Å²) in [7, 11) is 1.77. The molecule has 0 radical (unpaired) electrons. The summed E-state index contributed by atoms with van der Waals surface area (Å²) in [4.78, 5) is 15.1. The molecule has 1 saturated carbocycles. The van der Waals surface area contributed by atoms with Crippen LogP contribution in [0.15, 0.2) is 36.5 Å². The number of piperidine rings is 1. The SMILES string of the molecule is Cn1cc(Cl)c(C(=O)NC2CCN(CC(c3ccccc3)C3CCCC3)CC2)n1. The minimum absolute atomic E-state index is 0.165. The molecule has 6 heteroatoms. The Labute approximate surface area is 178 Å². The van der Waals surface area contributed by atoms with Gasteiger partial charge in [0.15, 0.2) is 5.69 Å². The zero-order chi connectivity index (χ0) is 20.2. The monoisotopic (exact) mass is 414 g/mol. The number of aryl methyl sites for hydroxylation is 1. The predicted molar refractivity (Wildman–Crippen MR) is 116 cm³/mol. The number of benzene rings is 1. The molecule has 1 aromatic heterocycles. The molecule has 2 fully saturated rings. The van der Waals surface area contributed by atoms with Crippen molar-refractivity contribution in [1.82, 2.24) is 20.0 Å². The first kappa shape index (κ1) is 20.4. The van der Waals surface area contributed by atoms with E-state index in [-0.39, 0.29) is 11.9 Å². The Morgan fingerprint density at radius 3 is 2.48 bits per heavy atom. The van der Waals surface area contributed by atoms with E-state index < -0.39 is 0 Å². The lowest BCUT2D eigenvalue weighted by Gasteiger charge is -2.36. The van der Waals surface area contributed by atoms with Crippen LogP contribution in [-0.4, -0.2) is 46.3 Å². The molecular weight excluding hydrogens is 384 g/mol. The highest BCUT2D eigenvalue weighted by molar-refractivity contribution is 6.33. The van der Waals surface area contributed by atoms with Crippen LogP contribution in [0, 0.1) is 5.92 Å². The third-order valence-electron chi connectivity index (χ3n) is 6.57. The van der Waals surface area contributed by atoms with Gasteiger partial charge in [-0.1, -0.05) is 54.8 Å². The molecule has 1 unspecified atom stereocenters. The van der Waals surface area contributed by atoms with E-state index in [9.17, 15) is 4.79 Å². The number of nitrogens with zero attached hydrogens (tertiary/aromatic N) is 3. The van der Waals surface area contributed by atoms with E-state index in [1.54, 1.807) is 17.9 Å². The molecule has 0 bridgehead atoms. The zero-order valence-corrected chi connectivity index (χ0v) is 17.9. The molecule has 5 nitrogen and oxygen atoms in total. The number of carbonyl (C=O) groups excluding carboxylic acids is 1. The topological polar surface area (TPSA) is 50.2 Å².